The van der Waals surface area contributed by atoms with Crippen molar-refractivity contribution in [1.29, 1.82) is 0 Å². The predicted molar refractivity (Wildman–Crippen MR) is 209 cm³/mol. The number of rotatable bonds is 13. The van der Waals surface area contributed by atoms with Crippen molar-refractivity contribution in [2.24, 2.45) is 7.05 Å². The molecule has 17 nitrogen and oxygen atoms in total. The monoisotopic (exact) mass is 782 g/mol. The van der Waals surface area contributed by atoms with Crippen LogP contribution in [0.1, 0.15) is 85.9 Å². The second kappa shape index (κ2) is 15.8. The number of fused-ring (bicyclic) bond motifs is 2. The van der Waals surface area contributed by atoms with Crippen LogP contribution in [0.15, 0.2) is 47.7 Å². The van der Waals surface area contributed by atoms with E-state index in [2.05, 4.69) is 31.3 Å². The van der Waals surface area contributed by atoms with Gasteiger partial charge in [0.15, 0.2) is 11.3 Å². The van der Waals surface area contributed by atoms with Crippen LogP contribution < -0.4 is 27.0 Å². The highest BCUT2D eigenvalue weighted by Gasteiger charge is 2.39. The molecule has 3 aliphatic rings. The van der Waals surface area contributed by atoms with Crippen molar-refractivity contribution in [2.75, 3.05) is 32.0 Å². The van der Waals surface area contributed by atoms with Crippen molar-refractivity contribution in [3.05, 3.63) is 64.6 Å². The number of anilines is 1. The van der Waals surface area contributed by atoms with Crippen LogP contribution in [0.3, 0.4) is 0 Å². The summed E-state index contributed by atoms with van der Waals surface area (Å²) in [6.07, 6.45) is 10.9. The first-order valence-electron chi connectivity index (χ1n) is 19.7. The van der Waals surface area contributed by atoms with E-state index in [-0.39, 0.29) is 35.8 Å². The molecule has 3 atom stereocenters. The van der Waals surface area contributed by atoms with Gasteiger partial charge < -0.3 is 20.9 Å². The number of urea groups is 1. The molecule has 57 heavy (non-hydrogen) atoms. The second-order valence-corrected chi connectivity index (χ2v) is 15.2. The van der Waals surface area contributed by atoms with Crippen LogP contribution in [0.4, 0.5) is 14.9 Å². The van der Waals surface area contributed by atoms with Crippen LogP contribution in [-0.4, -0.2) is 101 Å². The Kier molecular flexibility index (Phi) is 10.5. The summed E-state index contributed by atoms with van der Waals surface area (Å²) in [5.74, 6) is -1.18. The maximum Gasteiger partial charge on any atom is 0.329 e. The summed E-state index contributed by atoms with van der Waals surface area (Å²) < 4.78 is 19.9. The Bertz CT molecular complexity index is 2410. The van der Waals surface area contributed by atoms with E-state index in [1.807, 2.05) is 40.0 Å². The number of imidazole rings is 2. The fourth-order valence-electron chi connectivity index (χ4n) is 8.06. The number of nitrogens with zero attached hydrogens (tertiary/aromatic N) is 8. The normalized spacial score (nSPS) is 19.9. The van der Waals surface area contributed by atoms with Crippen LogP contribution in [0.5, 0.6) is 0 Å². The van der Waals surface area contributed by atoms with Gasteiger partial charge in [0.2, 0.25) is 11.8 Å². The Morgan fingerprint density at radius 2 is 1.82 bits per heavy atom. The molecule has 300 valence electrons. The molecule has 1 aliphatic carbocycles. The molecule has 1 saturated carbocycles. The number of aromatic nitrogens is 7. The predicted octanol–water partition coefficient (Wildman–Crippen LogP) is 3.26. The number of hydrogen-bond acceptors (Lipinski definition) is 9. The third-order valence-corrected chi connectivity index (χ3v) is 11.4. The Morgan fingerprint density at radius 3 is 2.58 bits per heavy atom. The van der Waals surface area contributed by atoms with E-state index in [4.69, 9.17) is 5.10 Å². The molecule has 2 aliphatic heterocycles. The van der Waals surface area contributed by atoms with Crippen molar-refractivity contribution in [3.63, 3.8) is 0 Å². The van der Waals surface area contributed by atoms with Gasteiger partial charge >= 0.3 is 11.7 Å². The van der Waals surface area contributed by atoms with E-state index in [9.17, 15) is 28.4 Å². The van der Waals surface area contributed by atoms with E-state index in [0.29, 0.717) is 55.0 Å². The number of para-hydroxylation sites is 1. The van der Waals surface area contributed by atoms with Gasteiger partial charge in [-0.15, -0.1) is 0 Å². The zero-order valence-electron chi connectivity index (χ0n) is 32.0. The lowest BCUT2D eigenvalue weighted by Crippen LogP contribution is -2.45. The Labute approximate surface area is 327 Å². The molecular formula is C39H47FN12O5. The van der Waals surface area contributed by atoms with E-state index in [1.165, 1.54) is 15.3 Å². The first-order valence-corrected chi connectivity index (χ1v) is 19.7. The van der Waals surface area contributed by atoms with E-state index >= 15 is 0 Å². The minimum Gasteiger partial charge on any atom is -0.385 e. The summed E-state index contributed by atoms with van der Waals surface area (Å²) >= 11 is 0. The number of halogens is 1. The maximum absolute atomic E-state index is 13.4. The Balaban J connectivity index is 0.787. The quantitative estimate of drug-likeness (QED) is 0.103. The molecule has 5 aromatic rings. The summed E-state index contributed by atoms with van der Waals surface area (Å²) in [4.78, 5) is 69.5. The molecule has 6 heterocycles. The number of likely N-dealkylation sites (tertiary alicyclic amines) is 1. The average molecular weight is 783 g/mol. The maximum atomic E-state index is 13.4. The number of amides is 5. The minimum absolute atomic E-state index is 0.0660. The molecule has 2 saturated heterocycles. The first kappa shape index (κ1) is 37.8. The van der Waals surface area contributed by atoms with Crippen LogP contribution in [0, 0.1) is 0 Å². The zero-order chi connectivity index (χ0) is 39.8. The molecule has 0 radical (unpaired) electrons. The van der Waals surface area contributed by atoms with Gasteiger partial charge in [0.25, 0.3) is 5.91 Å². The van der Waals surface area contributed by atoms with Crippen LogP contribution >= 0.6 is 0 Å². The number of carbonyl (C=O) groups is 4. The van der Waals surface area contributed by atoms with Gasteiger partial charge in [0.1, 0.15) is 12.2 Å². The summed E-state index contributed by atoms with van der Waals surface area (Å²) in [6, 6.07) is 6.50. The van der Waals surface area contributed by atoms with E-state index in [0.717, 1.165) is 61.6 Å². The van der Waals surface area contributed by atoms with Gasteiger partial charge in [-0.05, 0) is 56.2 Å². The molecule has 1 unspecified atom stereocenters. The average Bonchev–Trinajstić information content (AvgIpc) is 3.54. The van der Waals surface area contributed by atoms with Gasteiger partial charge in [-0.25, -0.2) is 23.5 Å². The summed E-state index contributed by atoms with van der Waals surface area (Å²) in [5, 5.41) is 20.6. The van der Waals surface area contributed by atoms with Crippen LogP contribution in [-0.2, 0) is 23.1 Å². The molecule has 4 aromatic heterocycles. The SMILES string of the molecule is CNc1cc(-c2cnn(C3CCN(C(=O)NCCCCCCc4cccc5c4n(C)c(=O)n5C4CCC(=O)NC4=O)CC3)c2)nn2c(C(=O)N[C@@H]3C[C@@H]3F)cnc12. The standard InChI is InChI=1S/C39H47FN12O5/c1-41-29-19-27(47-52-32(21-43-35(29)52)37(55)45-28-18-26(28)40)24-20-44-50(22-24)25-13-16-49(17-14-25)38(56)42-15-6-4-3-5-8-23-9-7-10-30-34(23)48(2)39(57)51(30)31-11-12-33(53)46-36(31)54/h7,9-10,19-22,25-26,28,31,41H,3-6,8,11-18H2,1-2H3,(H,42,56)(H,45,55)(H,46,53,54)/t26-,28+,31?/m0/s1. The fraction of sp³-hybridized carbons (Fsp3) is 0.487. The third-order valence-electron chi connectivity index (χ3n) is 11.4. The first-order chi connectivity index (χ1) is 27.6. The number of hydrogen-bond donors (Lipinski definition) is 4. The number of piperidine rings is 2. The molecule has 3 fully saturated rings. The molecule has 0 bridgehead atoms. The topological polar surface area (TPSA) is 195 Å². The molecule has 0 spiro atoms. The highest BCUT2D eigenvalue weighted by Crippen LogP contribution is 2.30. The summed E-state index contributed by atoms with van der Waals surface area (Å²) in [7, 11) is 3.49. The lowest BCUT2D eigenvalue weighted by molar-refractivity contribution is -0.135. The number of aryl methyl sites for hydroxylation is 2. The molecule has 5 amide bonds. The smallest absolute Gasteiger partial charge is 0.329 e. The molecule has 1 aromatic carbocycles. The minimum atomic E-state index is -1.02. The Morgan fingerprint density at radius 1 is 1.04 bits per heavy atom. The molecular weight excluding hydrogens is 736 g/mol. The number of nitrogens with one attached hydrogen (secondary N) is 4. The van der Waals surface area contributed by atoms with Crippen molar-refractivity contribution in [1.82, 2.24) is 54.4 Å². The highest BCUT2D eigenvalue weighted by atomic mass is 19.1. The van der Waals surface area contributed by atoms with Crippen molar-refractivity contribution >= 4 is 46.1 Å². The van der Waals surface area contributed by atoms with Crippen molar-refractivity contribution in [3.8, 4) is 11.3 Å². The lowest BCUT2D eigenvalue weighted by atomic mass is 10.0. The number of benzene rings is 1. The van der Waals surface area contributed by atoms with Crippen LogP contribution in [0.2, 0.25) is 0 Å². The number of imide groups is 1. The number of alkyl halides is 1. The van der Waals surface area contributed by atoms with Crippen LogP contribution in [0.25, 0.3) is 27.9 Å². The van der Waals surface area contributed by atoms with Gasteiger partial charge in [0.05, 0.1) is 46.9 Å². The van der Waals surface area contributed by atoms with E-state index < -0.39 is 30.1 Å². The van der Waals surface area contributed by atoms with Gasteiger partial charge in [0, 0.05) is 58.3 Å². The third kappa shape index (κ3) is 7.59. The van der Waals surface area contributed by atoms with E-state index in [1.54, 1.807) is 24.9 Å². The van der Waals surface area contributed by atoms with Gasteiger partial charge in [-0.3, -0.25) is 33.5 Å². The van der Waals surface area contributed by atoms with Crippen molar-refractivity contribution in [2.45, 2.75) is 88.5 Å². The highest BCUT2D eigenvalue weighted by molar-refractivity contribution is 6.00. The van der Waals surface area contributed by atoms with Gasteiger partial charge in [-0.1, -0.05) is 25.0 Å². The largest absolute Gasteiger partial charge is 0.385 e. The fourth-order valence-corrected chi connectivity index (χ4v) is 8.06. The van der Waals surface area contributed by atoms with Crippen molar-refractivity contribution < 1.29 is 23.6 Å². The zero-order valence-corrected chi connectivity index (χ0v) is 32.0. The molecule has 18 heteroatoms. The summed E-state index contributed by atoms with van der Waals surface area (Å²) in [5.41, 5.74) is 5.05. The Hall–Kier alpha value is -6.07. The second-order valence-electron chi connectivity index (χ2n) is 15.2. The number of unbranched alkanes of at least 4 members (excludes halogenated alkanes) is 3. The summed E-state index contributed by atoms with van der Waals surface area (Å²) in [6.45, 7) is 1.80. The molecule has 4 N–H and O–H groups in total. The van der Waals surface area contributed by atoms with Gasteiger partial charge in [-0.2, -0.15) is 10.2 Å². The lowest BCUT2D eigenvalue weighted by Gasteiger charge is -2.32. The molecule has 8 rings (SSSR count). The number of carbonyl (C=O) groups excluding carboxylic acids is 4.